The van der Waals surface area contributed by atoms with Gasteiger partial charge in [0.1, 0.15) is 0 Å². The van der Waals surface area contributed by atoms with Crippen LogP contribution in [0.25, 0.3) is 0 Å². The van der Waals surface area contributed by atoms with Crippen molar-refractivity contribution in [3.63, 3.8) is 0 Å². The summed E-state index contributed by atoms with van der Waals surface area (Å²) >= 11 is 0. The first kappa shape index (κ1) is 9.96. The van der Waals surface area contributed by atoms with E-state index in [1.54, 1.807) is 0 Å². The van der Waals surface area contributed by atoms with Crippen molar-refractivity contribution in [1.82, 2.24) is 0 Å². The van der Waals surface area contributed by atoms with Gasteiger partial charge in [0.2, 0.25) is 0 Å². The third kappa shape index (κ3) is 1.72. The standard InChI is InChI=1S/C9H20O/c1-7(10)9(5,6)8(2,3)4/h7,10H,1-6H3/t7-/m1/s1. The van der Waals surface area contributed by atoms with Crippen LogP contribution in [0.5, 0.6) is 0 Å². The Labute approximate surface area is 64.5 Å². The molecule has 0 aliphatic heterocycles. The summed E-state index contributed by atoms with van der Waals surface area (Å²) in [6, 6.07) is 0. The molecule has 0 amide bonds. The summed E-state index contributed by atoms with van der Waals surface area (Å²) < 4.78 is 0. The van der Waals surface area contributed by atoms with E-state index >= 15 is 0 Å². The number of hydrogen-bond donors (Lipinski definition) is 1. The molecule has 0 saturated heterocycles. The molecule has 62 valence electrons. The van der Waals surface area contributed by atoms with Gasteiger partial charge in [0.15, 0.2) is 0 Å². The smallest absolute Gasteiger partial charge is 0.0568 e. The molecule has 0 aliphatic carbocycles. The van der Waals surface area contributed by atoms with E-state index in [2.05, 4.69) is 34.6 Å². The fourth-order valence-corrected chi connectivity index (χ4v) is 0.627. The topological polar surface area (TPSA) is 20.2 Å². The van der Waals surface area contributed by atoms with Crippen LogP contribution in [0.3, 0.4) is 0 Å². The highest BCUT2D eigenvalue weighted by molar-refractivity contribution is 4.86. The van der Waals surface area contributed by atoms with Gasteiger partial charge in [-0.2, -0.15) is 0 Å². The van der Waals surface area contributed by atoms with Crippen molar-refractivity contribution in [2.75, 3.05) is 0 Å². The van der Waals surface area contributed by atoms with E-state index in [-0.39, 0.29) is 16.9 Å². The SMILES string of the molecule is C[C@@H](O)C(C)(C)C(C)(C)C. The Morgan fingerprint density at radius 1 is 1.00 bits per heavy atom. The molecule has 1 atom stereocenters. The summed E-state index contributed by atoms with van der Waals surface area (Å²) in [5.74, 6) is 0. The molecular formula is C9H20O. The van der Waals surface area contributed by atoms with Gasteiger partial charge in [0.05, 0.1) is 6.10 Å². The van der Waals surface area contributed by atoms with E-state index in [1.807, 2.05) is 6.92 Å². The monoisotopic (exact) mass is 144 g/mol. The van der Waals surface area contributed by atoms with Crippen LogP contribution in [0.4, 0.5) is 0 Å². The Hall–Kier alpha value is -0.0400. The minimum atomic E-state index is -0.243. The van der Waals surface area contributed by atoms with E-state index in [4.69, 9.17) is 0 Å². The fraction of sp³-hybridized carbons (Fsp3) is 1.00. The average Bonchev–Trinajstić information content (AvgIpc) is 1.62. The van der Waals surface area contributed by atoms with Gasteiger partial charge in [-0.1, -0.05) is 34.6 Å². The molecule has 0 radical (unpaired) electrons. The van der Waals surface area contributed by atoms with Crippen molar-refractivity contribution in [3.05, 3.63) is 0 Å². The fourth-order valence-electron chi connectivity index (χ4n) is 0.627. The molecule has 0 aromatic rings. The van der Waals surface area contributed by atoms with Crippen LogP contribution in [0.15, 0.2) is 0 Å². The van der Waals surface area contributed by atoms with Gasteiger partial charge in [0.25, 0.3) is 0 Å². The lowest BCUT2D eigenvalue weighted by Gasteiger charge is -2.41. The molecule has 0 spiro atoms. The van der Waals surface area contributed by atoms with Crippen molar-refractivity contribution in [2.45, 2.75) is 47.6 Å². The largest absolute Gasteiger partial charge is 0.393 e. The van der Waals surface area contributed by atoms with Gasteiger partial charge in [-0.15, -0.1) is 0 Å². The highest BCUT2D eigenvalue weighted by Gasteiger charge is 2.36. The molecule has 1 nitrogen and oxygen atoms in total. The van der Waals surface area contributed by atoms with Crippen molar-refractivity contribution < 1.29 is 5.11 Å². The Morgan fingerprint density at radius 2 is 1.30 bits per heavy atom. The minimum absolute atomic E-state index is 0.00694. The first-order chi connectivity index (χ1) is 4.19. The van der Waals surface area contributed by atoms with Crippen molar-refractivity contribution >= 4 is 0 Å². The Balaban J connectivity index is 4.40. The van der Waals surface area contributed by atoms with Crippen LogP contribution < -0.4 is 0 Å². The summed E-state index contributed by atoms with van der Waals surface area (Å²) in [5.41, 5.74) is 0.161. The second-order valence-electron chi connectivity index (χ2n) is 4.65. The summed E-state index contributed by atoms with van der Waals surface area (Å²) in [4.78, 5) is 0. The summed E-state index contributed by atoms with van der Waals surface area (Å²) in [6.07, 6.45) is -0.243. The zero-order valence-electron chi connectivity index (χ0n) is 8.02. The van der Waals surface area contributed by atoms with Crippen LogP contribution in [0.1, 0.15) is 41.5 Å². The third-order valence-electron chi connectivity index (χ3n) is 2.98. The normalized spacial score (nSPS) is 17.1. The lowest BCUT2D eigenvalue weighted by atomic mass is 9.66. The predicted octanol–water partition coefficient (Wildman–Crippen LogP) is 2.44. The minimum Gasteiger partial charge on any atom is -0.393 e. The second-order valence-corrected chi connectivity index (χ2v) is 4.65. The van der Waals surface area contributed by atoms with Gasteiger partial charge in [-0.3, -0.25) is 0 Å². The molecule has 0 rings (SSSR count). The van der Waals surface area contributed by atoms with Crippen LogP contribution >= 0.6 is 0 Å². The molecule has 0 saturated carbocycles. The zero-order chi connectivity index (χ0) is 8.58. The molecule has 10 heavy (non-hydrogen) atoms. The number of aliphatic hydroxyl groups excluding tert-OH is 1. The predicted molar refractivity (Wildman–Crippen MR) is 44.9 cm³/mol. The summed E-state index contributed by atoms with van der Waals surface area (Å²) in [5, 5.41) is 9.42. The van der Waals surface area contributed by atoms with Crippen LogP contribution in [-0.2, 0) is 0 Å². The van der Waals surface area contributed by atoms with Gasteiger partial charge in [0, 0.05) is 0 Å². The molecular weight excluding hydrogens is 124 g/mol. The number of rotatable bonds is 1. The molecule has 1 heteroatoms. The van der Waals surface area contributed by atoms with Crippen LogP contribution in [0, 0.1) is 10.8 Å². The maximum absolute atomic E-state index is 9.42. The highest BCUT2D eigenvalue weighted by Crippen LogP contribution is 2.40. The van der Waals surface area contributed by atoms with Crippen molar-refractivity contribution in [1.29, 1.82) is 0 Å². The van der Waals surface area contributed by atoms with Crippen molar-refractivity contribution in [3.8, 4) is 0 Å². The molecule has 0 aromatic carbocycles. The van der Waals surface area contributed by atoms with Gasteiger partial charge in [-0.25, -0.2) is 0 Å². The number of hydrogen-bond acceptors (Lipinski definition) is 1. The van der Waals surface area contributed by atoms with Gasteiger partial charge in [-0.05, 0) is 17.8 Å². The Morgan fingerprint density at radius 3 is 1.30 bits per heavy atom. The van der Waals surface area contributed by atoms with E-state index < -0.39 is 0 Å². The van der Waals surface area contributed by atoms with Gasteiger partial charge < -0.3 is 5.11 Å². The lowest BCUT2D eigenvalue weighted by Crippen LogP contribution is -2.39. The second kappa shape index (κ2) is 2.54. The maximum atomic E-state index is 9.42. The molecule has 0 aliphatic rings. The average molecular weight is 144 g/mol. The van der Waals surface area contributed by atoms with E-state index in [0.29, 0.717) is 0 Å². The van der Waals surface area contributed by atoms with Crippen LogP contribution in [-0.4, -0.2) is 11.2 Å². The molecule has 1 N–H and O–H groups in total. The Kier molecular flexibility index (Phi) is 2.53. The molecule has 0 aromatic heterocycles. The van der Waals surface area contributed by atoms with E-state index in [9.17, 15) is 5.11 Å². The first-order valence-corrected chi connectivity index (χ1v) is 3.87. The molecule has 0 heterocycles. The van der Waals surface area contributed by atoms with E-state index in [1.165, 1.54) is 0 Å². The van der Waals surface area contributed by atoms with Crippen LogP contribution in [0.2, 0.25) is 0 Å². The molecule has 0 unspecified atom stereocenters. The molecule has 0 fully saturated rings. The van der Waals surface area contributed by atoms with Gasteiger partial charge >= 0.3 is 0 Å². The Bertz CT molecular complexity index is 106. The first-order valence-electron chi connectivity index (χ1n) is 3.87. The quantitative estimate of drug-likeness (QED) is 0.599. The molecule has 0 bridgehead atoms. The lowest BCUT2D eigenvalue weighted by molar-refractivity contribution is -0.0153. The maximum Gasteiger partial charge on any atom is 0.0568 e. The van der Waals surface area contributed by atoms with E-state index in [0.717, 1.165) is 0 Å². The highest BCUT2D eigenvalue weighted by atomic mass is 16.3. The number of aliphatic hydroxyl groups is 1. The summed E-state index contributed by atoms with van der Waals surface area (Å²) in [7, 11) is 0. The van der Waals surface area contributed by atoms with Crippen molar-refractivity contribution in [2.24, 2.45) is 10.8 Å². The zero-order valence-corrected chi connectivity index (χ0v) is 8.02. The third-order valence-corrected chi connectivity index (χ3v) is 2.98. The summed E-state index contributed by atoms with van der Waals surface area (Å²) in [6.45, 7) is 12.5.